The van der Waals surface area contributed by atoms with Gasteiger partial charge in [0, 0.05) is 18.6 Å². The van der Waals surface area contributed by atoms with Crippen LogP contribution < -0.4 is 10.1 Å². The highest BCUT2D eigenvalue weighted by atomic mass is 32.2. The molecule has 21 heavy (non-hydrogen) atoms. The number of thioether (sulfide) groups is 1. The largest absolute Gasteiger partial charge is 0.461 e. The van der Waals surface area contributed by atoms with Gasteiger partial charge in [0.1, 0.15) is 9.84 Å². The maximum absolute atomic E-state index is 11.1. The first kappa shape index (κ1) is 18.0. The Hall–Kier alpha value is -1.09. The topological polar surface area (TPSA) is 94.1 Å². The Bertz CT molecular complexity index is 549. The molecule has 0 atom stereocenters. The molecule has 0 aliphatic carbocycles. The van der Waals surface area contributed by atoms with Crippen molar-refractivity contribution in [2.24, 2.45) is 0 Å². The number of ether oxygens (including phenoxy) is 1. The van der Waals surface area contributed by atoms with Crippen molar-refractivity contribution in [1.82, 2.24) is 15.0 Å². The number of hydrogen-bond acceptors (Lipinski definition) is 8. The van der Waals surface area contributed by atoms with Crippen LogP contribution in [0.25, 0.3) is 0 Å². The SMILES string of the molecule is CCCNc1nc(OC(C)C)nc(SCCS(C)(=O)=O)n1. The molecule has 0 saturated heterocycles. The van der Waals surface area contributed by atoms with Crippen molar-refractivity contribution in [1.29, 1.82) is 0 Å². The van der Waals surface area contributed by atoms with E-state index in [2.05, 4.69) is 20.3 Å². The van der Waals surface area contributed by atoms with Crippen LogP contribution in [0.2, 0.25) is 0 Å². The summed E-state index contributed by atoms with van der Waals surface area (Å²) in [7, 11) is -2.99. The third-order valence-corrected chi connectivity index (χ3v) is 4.21. The van der Waals surface area contributed by atoms with Gasteiger partial charge in [0.2, 0.25) is 5.95 Å². The van der Waals surface area contributed by atoms with Crippen LogP contribution in [-0.4, -0.2) is 53.8 Å². The van der Waals surface area contributed by atoms with Crippen LogP contribution in [0.15, 0.2) is 5.16 Å². The molecule has 120 valence electrons. The molecule has 0 bridgehead atoms. The van der Waals surface area contributed by atoms with Crippen molar-refractivity contribution in [2.45, 2.75) is 38.5 Å². The number of sulfone groups is 1. The van der Waals surface area contributed by atoms with Gasteiger partial charge >= 0.3 is 6.01 Å². The number of nitrogens with zero attached hydrogens (tertiary/aromatic N) is 3. The van der Waals surface area contributed by atoms with Crippen molar-refractivity contribution < 1.29 is 13.2 Å². The van der Waals surface area contributed by atoms with E-state index in [1.165, 1.54) is 18.0 Å². The molecule has 0 amide bonds. The third-order valence-electron chi connectivity index (χ3n) is 2.15. The molecule has 0 spiro atoms. The van der Waals surface area contributed by atoms with Crippen LogP contribution in [0, 0.1) is 0 Å². The van der Waals surface area contributed by atoms with Gasteiger partial charge in [0.25, 0.3) is 0 Å². The van der Waals surface area contributed by atoms with E-state index >= 15 is 0 Å². The van der Waals surface area contributed by atoms with E-state index in [0.717, 1.165) is 13.0 Å². The van der Waals surface area contributed by atoms with E-state index in [9.17, 15) is 8.42 Å². The molecule has 0 aromatic carbocycles. The van der Waals surface area contributed by atoms with Crippen molar-refractivity contribution >= 4 is 27.5 Å². The van der Waals surface area contributed by atoms with Crippen LogP contribution in [-0.2, 0) is 9.84 Å². The molecule has 9 heteroatoms. The maximum Gasteiger partial charge on any atom is 0.322 e. The highest BCUT2D eigenvalue weighted by Crippen LogP contribution is 2.18. The third kappa shape index (κ3) is 8.05. The summed E-state index contributed by atoms with van der Waals surface area (Å²) in [4.78, 5) is 12.6. The van der Waals surface area contributed by atoms with Gasteiger partial charge in [-0.05, 0) is 20.3 Å². The summed E-state index contributed by atoms with van der Waals surface area (Å²) in [5, 5.41) is 3.54. The van der Waals surface area contributed by atoms with Crippen LogP contribution in [0.4, 0.5) is 5.95 Å². The second-order valence-electron chi connectivity index (χ2n) is 4.80. The summed E-state index contributed by atoms with van der Waals surface area (Å²) in [6.45, 7) is 6.57. The lowest BCUT2D eigenvalue weighted by Gasteiger charge is -2.10. The number of anilines is 1. The standard InChI is InChI=1S/C12H22N4O3S2/c1-5-6-13-10-14-11(19-9(2)3)16-12(15-10)20-7-8-21(4,17)18/h9H,5-8H2,1-4H3,(H,13,14,15,16). The average Bonchev–Trinajstić information content (AvgIpc) is 2.33. The second kappa shape index (κ2) is 8.38. The highest BCUT2D eigenvalue weighted by Gasteiger charge is 2.10. The number of nitrogens with one attached hydrogen (secondary N) is 1. The lowest BCUT2D eigenvalue weighted by atomic mass is 10.5. The first-order chi connectivity index (χ1) is 9.80. The van der Waals surface area contributed by atoms with Gasteiger partial charge in [0.15, 0.2) is 5.16 Å². The zero-order valence-electron chi connectivity index (χ0n) is 12.8. The molecule has 0 saturated carbocycles. The quantitative estimate of drug-likeness (QED) is 0.681. The monoisotopic (exact) mass is 334 g/mol. The molecule has 0 aliphatic rings. The summed E-state index contributed by atoms with van der Waals surface area (Å²) >= 11 is 1.27. The van der Waals surface area contributed by atoms with Crippen LogP contribution in [0.3, 0.4) is 0 Å². The molecule has 0 fully saturated rings. The van der Waals surface area contributed by atoms with Crippen molar-refractivity contribution in [2.75, 3.05) is 29.6 Å². The fourth-order valence-corrected chi connectivity index (χ4v) is 3.29. The average molecular weight is 334 g/mol. The normalized spacial score (nSPS) is 11.7. The minimum atomic E-state index is -2.99. The minimum absolute atomic E-state index is 0.0414. The van der Waals surface area contributed by atoms with Crippen molar-refractivity contribution in [3.05, 3.63) is 0 Å². The van der Waals surface area contributed by atoms with Crippen LogP contribution >= 0.6 is 11.8 Å². The van der Waals surface area contributed by atoms with Gasteiger partial charge in [0.05, 0.1) is 11.9 Å². The molecule has 0 aliphatic heterocycles. The minimum Gasteiger partial charge on any atom is -0.461 e. The molecule has 1 aromatic rings. The Kier molecular flexibility index (Phi) is 7.16. The van der Waals surface area contributed by atoms with E-state index in [1.807, 2.05) is 20.8 Å². The Morgan fingerprint density at radius 2 is 2.00 bits per heavy atom. The molecule has 7 nitrogen and oxygen atoms in total. The first-order valence-electron chi connectivity index (χ1n) is 6.77. The molecular formula is C12H22N4O3S2. The number of hydrogen-bond donors (Lipinski definition) is 1. The van der Waals surface area contributed by atoms with Gasteiger partial charge in [-0.15, -0.1) is 0 Å². The number of rotatable bonds is 9. The Morgan fingerprint density at radius 1 is 1.29 bits per heavy atom. The Balaban J connectivity index is 2.79. The van der Waals surface area contributed by atoms with E-state index in [0.29, 0.717) is 16.9 Å². The van der Waals surface area contributed by atoms with Gasteiger partial charge < -0.3 is 10.1 Å². The molecule has 1 N–H and O–H groups in total. The lowest BCUT2D eigenvalue weighted by molar-refractivity contribution is 0.219. The van der Waals surface area contributed by atoms with Gasteiger partial charge in [-0.2, -0.15) is 15.0 Å². The molecule has 0 unspecified atom stereocenters. The van der Waals surface area contributed by atoms with E-state index in [4.69, 9.17) is 4.74 Å². The summed E-state index contributed by atoms with van der Waals surface area (Å²) in [5.74, 6) is 0.933. The molecule has 0 radical (unpaired) electrons. The zero-order valence-corrected chi connectivity index (χ0v) is 14.4. The molecule has 1 rings (SSSR count). The van der Waals surface area contributed by atoms with Gasteiger partial charge in [-0.3, -0.25) is 0 Å². The summed E-state index contributed by atoms with van der Waals surface area (Å²) in [6.07, 6.45) is 2.12. The Morgan fingerprint density at radius 3 is 2.57 bits per heavy atom. The van der Waals surface area contributed by atoms with Gasteiger partial charge in [-0.25, -0.2) is 8.42 Å². The predicted octanol–water partition coefficient (Wildman–Crippen LogP) is 1.62. The lowest BCUT2D eigenvalue weighted by Crippen LogP contribution is -2.13. The highest BCUT2D eigenvalue weighted by molar-refractivity contribution is 8.00. The second-order valence-corrected chi connectivity index (χ2v) is 8.12. The first-order valence-corrected chi connectivity index (χ1v) is 9.82. The Labute approximate surface area is 130 Å². The van der Waals surface area contributed by atoms with Crippen LogP contribution in [0.5, 0.6) is 6.01 Å². The van der Waals surface area contributed by atoms with Gasteiger partial charge in [-0.1, -0.05) is 18.7 Å². The van der Waals surface area contributed by atoms with E-state index in [-0.39, 0.29) is 17.9 Å². The fourth-order valence-electron chi connectivity index (χ4n) is 1.27. The molecular weight excluding hydrogens is 312 g/mol. The van der Waals surface area contributed by atoms with Crippen LogP contribution in [0.1, 0.15) is 27.2 Å². The van der Waals surface area contributed by atoms with E-state index < -0.39 is 9.84 Å². The number of aromatic nitrogens is 3. The fraction of sp³-hybridized carbons (Fsp3) is 0.750. The predicted molar refractivity (Wildman–Crippen MR) is 84.8 cm³/mol. The molecule has 1 heterocycles. The smallest absolute Gasteiger partial charge is 0.322 e. The van der Waals surface area contributed by atoms with Crippen molar-refractivity contribution in [3.63, 3.8) is 0 Å². The van der Waals surface area contributed by atoms with Crippen molar-refractivity contribution in [3.8, 4) is 6.01 Å². The zero-order chi connectivity index (χ0) is 15.9. The summed E-state index contributed by atoms with van der Waals surface area (Å²) in [5.41, 5.74) is 0. The van der Waals surface area contributed by atoms with E-state index in [1.54, 1.807) is 0 Å². The summed E-state index contributed by atoms with van der Waals surface area (Å²) < 4.78 is 27.8. The maximum atomic E-state index is 11.1. The molecule has 1 aromatic heterocycles. The summed E-state index contributed by atoms with van der Waals surface area (Å²) in [6, 6.07) is 0.250.